The van der Waals surface area contributed by atoms with Crippen molar-refractivity contribution >= 4 is 23.2 Å². The Morgan fingerprint density at radius 3 is 2.32 bits per heavy atom. The van der Waals surface area contributed by atoms with E-state index in [1.165, 1.54) is 5.56 Å². The van der Waals surface area contributed by atoms with Gasteiger partial charge in [-0.2, -0.15) is 0 Å². The van der Waals surface area contributed by atoms with Gasteiger partial charge in [0.25, 0.3) is 0 Å². The molecule has 0 aliphatic rings. The van der Waals surface area contributed by atoms with Gasteiger partial charge in [0.2, 0.25) is 0 Å². The molecule has 0 radical (unpaired) electrons. The van der Waals surface area contributed by atoms with E-state index in [2.05, 4.69) is 43.4 Å². The number of benzene rings is 2. The average molecular weight is 294 g/mol. The van der Waals surface area contributed by atoms with Crippen LogP contribution < -0.4 is 5.32 Å². The Bertz CT molecular complexity index is 549. The highest BCUT2D eigenvalue weighted by Gasteiger charge is 2.06. The predicted octanol–water partition coefficient (Wildman–Crippen LogP) is 5.33. The molecule has 0 aliphatic carbocycles. The Morgan fingerprint density at radius 2 is 1.74 bits per heavy atom. The maximum atomic E-state index is 6.22. The van der Waals surface area contributed by atoms with Crippen molar-refractivity contribution in [2.24, 2.45) is 0 Å². The smallest absolute Gasteiger partial charge is 0.0499 e. The molecule has 2 aromatic carbocycles. The molecule has 1 N–H and O–H groups in total. The summed E-state index contributed by atoms with van der Waals surface area (Å²) >= 11 is 12.1. The van der Waals surface area contributed by atoms with E-state index < -0.39 is 0 Å². The van der Waals surface area contributed by atoms with Gasteiger partial charge in [0, 0.05) is 21.7 Å². The lowest BCUT2D eigenvalue weighted by atomic mass is 10.0. The molecule has 1 unspecified atom stereocenters. The third kappa shape index (κ3) is 3.50. The molecule has 0 spiro atoms. The minimum atomic E-state index is 0.361. The third-order valence-electron chi connectivity index (χ3n) is 3.16. The molecule has 1 nitrogen and oxygen atoms in total. The number of halogens is 2. The number of hydrogen-bond acceptors (Lipinski definition) is 1. The fourth-order valence-electron chi connectivity index (χ4n) is 2.10. The molecule has 2 aromatic rings. The van der Waals surface area contributed by atoms with Crippen LogP contribution >= 0.6 is 23.2 Å². The molecule has 0 bridgehead atoms. The lowest BCUT2D eigenvalue weighted by Gasteiger charge is -2.13. The lowest BCUT2D eigenvalue weighted by Crippen LogP contribution is -2.17. The summed E-state index contributed by atoms with van der Waals surface area (Å²) < 4.78 is 0. The van der Waals surface area contributed by atoms with Gasteiger partial charge in [-0.3, -0.25) is 0 Å². The van der Waals surface area contributed by atoms with Crippen molar-refractivity contribution in [3.63, 3.8) is 0 Å². The van der Waals surface area contributed by atoms with E-state index in [0.29, 0.717) is 16.1 Å². The van der Waals surface area contributed by atoms with Gasteiger partial charge < -0.3 is 5.32 Å². The number of rotatable bonds is 4. The largest absolute Gasteiger partial charge is 0.310 e. The number of hydrogen-bond donors (Lipinski definition) is 1. The lowest BCUT2D eigenvalue weighted by molar-refractivity contribution is 0.598. The molecule has 0 aliphatic heterocycles. The fraction of sp³-hybridized carbons (Fsp3) is 0.250. The Kier molecular flexibility index (Phi) is 4.87. The second-order valence-electron chi connectivity index (χ2n) is 4.53. The maximum Gasteiger partial charge on any atom is 0.0499 e. The minimum absolute atomic E-state index is 0.361. The summed E-state index contributed by atoms with van der Waals surface area (Å²) in [6, 6.07) is 14.4. The first-order valence-corrected chi connectivity index (χ1v) is 7.16. The molecule has 0 fully saturated rings. The normalized spacial score (nSPS) is 12.4. The molecule has 0 amide bonds. The van der Waals surface area contributed by atoms with Crippen molar-refractivity contribution in [2.45, 2.75) is 19.9 Å². The Hall–Kier alpha value is -1.02. The zero-order chi connectivity index (χ0) is 13.8. The highest BCUT2D eigenvalue weighted by molar-refractivity contribution is 6.36. The highest BCUT2D eigenvalue weighted by atomic mass is 35.5. The second kappa shape index (κ2) is 6.42. The topological polar surface area (TPSA) is 12.0 Å². The molecule has 0 heterocycles. The summed E-state index contributed by atoms with van der Waals surface area (Å²) in [7, 11) is 0. The van der Waals surface area contributed by atoms with Crippen LogP contribution in [0.3, 0.4) is 0 Å². The van der Waals surface area contributed by atoms with Crippen molar-refractivity contribution in [2.75, 3.05) is 6.54 Å². The van der Waals surface area contributed by atoms with E-state index >= 15 is 0 Å². The summed E-state index contributed by atoms with van der Waals surface area (Å²) in [5, 5.41) is 4.74. The Morgan fingerprint density at radius 1 is 1.05 bits per heavy atom. The van der Waals surface area contributed by atoms with Crippen LogP contribution in [0.25, 0.3) is 11.1 Å². The average Bonchev–Trinajstić information content (AvgIpc) is 2.39. The van der Waals surface area contributed by atoms with Crippen LogP contribution in [-0.2, 0) is 0 Å². The van der Waals surface area contributed by atoms with E-state index in [9.17, 15) is 0 Å². The van der Waals surface area contributed by atoms with Crippen molar-refractivity contribution in [1.82, 2.24) is 5.32 Å². The summed E-state index contributed by atoms with van der Waals surface area (Å²) in [6.45, 7) is 5.23. The van der Waals surface area contributed by atoms with Crippen LogP contribution in [-0.4, -0.2) is 6.54 Å². The van der Waals surface area contributed by atoms with E-state index in [4.69, 9.17) is 23.2 Å². The highest BCUT2D eigenvalue weighted by Crippen LogP contribution is 2.30. The zero-order valence-electron chi connectivity index (χ0n) is 11.1. The molecule has 19 heavy (non-hydrogen) atoms. The first-order valence-electron chi connectivity index (χ1n) is 6.40. The van der Waals surface area contributed by atoms with Gasteiger partial charge >= 0.3 is 0 Å². The predicted molar refractivity (Wildman–Crippen MR) is 84.0 cm³/mol. The van der Waals surface area contributed by atoms with Crippen LogP contribution in [0.15, 0.2) is 42.5 Å². The third-order valence-corrected chi connectivity index (χ3v) is 3.71. The SMILES string of the molecule is CCNC(C)c1ccc(-c2ccc(Cl)cc2Cl)cc1. The fourth-order valence-corrected chi connectivity index (χ4v) is 2.62. The molecule has 2 rings (SSSR count). The standard InChI is InChI=1S/C16H17Cl2N/c1-3-19-11(2)12-4-6-13(7-5-12)15-9-8-14(17)10-16(15)18/h4-11,19H,3H2,1-2H3. The molecular weight excluding hydrogens is 277 g/mol. The van der Waals surface area contributed by atoms with E-state index in [-0.39, 0.29) is 0 Å². The Labute approximate surface area is 124 Å². The van der Waals surface area contributed by atoms with Gasteiger partial charge in [-0.25, -0.2) is 0 Å². The van der Waals surface area contributed by atoms with Gasteiger partial charge in [0.1, 0.15) is 0 Å². The van der Waals surface area contributed by atoms with Crippen molar-refractivity contribution in [3.8, 4) is 11.1 Å². The van der Waals surface area contributed by atoms with Crippen LogP contribution in [0, 0.1) is 0 Å². The molecule has 1 atom stereocenters. The number of nitrogens with one attached hydrogen (secondary N) is 1. The zero-order valence-corrected chi connectivity index (χ0v) is 12.6. The van der Waals surface area contributed by atoms with Crippen molar-refractivity contribution in [1.29, 1.82) is 0 Å². The molecule has 100 valence electrons. The molecule has 0 aromatic heterocycles. The van der Waals surface area contributed by atoms with Crippen LogP contribution in [0.5, 0.6) is 0 Å². The summed E-state index contributed by atoms with van der Waals surface area (Å²) in [5.41, 5.74) is 3.39. The quantitative estimate of drug-likeness (QED) is 0.803. The van der Waals surface area contributed by atoms with Gasteiger partial charge in [-0.05, 0) is 36.7 Å². The van der Waals surface area contributed by atoms with Gasteiger partial charge in [-0.15, -0.1) is 0 Å². The summed E-state index contributed by atoms with van der Waals surface area (Å²) in [5.74, 6) is 0. The monoisotopic (exact) mass is 293 g/mol. The second-order valence-corrected chi connectivity index (χ2v) is 5.37. The van der Waals surface area contributed by atoms with Crippen LogP contribution in [0.1, 0.15) is 25.5 Å². The maximum absolute atomic E-state index is 6.22. The van der Waals surface area contributed by atoms with Gasteiger partial charge in [0.15, 0.2) is 0 Å². The van der Waals surface area contributed by atoms with Crippen LogP contribution in [0.4, 0.5) is 0 Å². The molecular formula is C16H17Cl2N. The van der Waals surface area contributed by atoms with Crippen molar-refractivity contribution < 1.29 is 0 Å². The van der Waals surface area contributed by atoms with E-state index in [1.807, 2.05) is 12.1 Å². The van der Waals surface area contributed by atoms with E-state index in [1.54, 1.807) is 6.07 Å². The first-order chi connectivity index (χ1) is 9.11. The van der Waals surface area contributed by atoms with Gasteiger partial charge in [0.05, 0.1) is 0 Å². The van der Waals surface area contributed by atoms with E-state index in [0.717, 1.165) is 17.7 Å². The minimum Gasteiger partial charge on any atom is -0.310 e. The molecule has 3 heteroatoms. The molecule has 0 saturated carbocycles. The van der Waals surface area contributed by atoms with Crippen molar-refractivity contribution in [3.05, 3.63) is 58.1 Å². The molecule has 0 saturated heterocycles. The Balaban J connectivity index is 2.27. The van der Waals surface area contributed by atoms with Crippen LogP contribution in [0.2, 0.25) is 10.0 Å². The summed E-state index contributed by atoms with van der Waals surface area (Å²) in [4.78, 5) is 0. The first kappa shape index (κ1) is 14.4. The summed E-state index contributed by atoms with van der Waals surface area (Å²) in [6.07, 6.45) is 0. The van der Waals surface area contributed by atoms with Gasteiger partial charge in [-0.1, -0.05) is 60.5 Å².